The first-order chi connectivity index (χ1) is 13.3. The largest absolute Gasteiger partial charge is 0.330 e. The lowest BCUT2D eigenvalue weighted by molar-refractivity contribution is -0.136. The Morgan fingerprint density at radius 1 is 1.25 bits per heavy atom. The van der Waals surface area contributed by atoms with Gasteiger partial charge < -0.3 is 10.6 Å². The molecule has 2 fully saturated rings. The van der Waals surface area contributed by atoms with E-state index in [1.54, 1.807) is 17.0 Å². The van der Waals surface area contributed by atoms with Crippen LogP contribution in [0.1, 0.15) is 34.3 Å². The number of halogens is 2. The van der Waals surface area contributed by atoms with Crippen molar-refractivity contribution in [3.8, 4) is 0 Å². The zero-order valence-corrected chi connectivity index (χ0v) is 15.3. The summed E-state index contributed by atoms with van der Waals surface area (Å²) in [7, 11) is 0. The van der Waals surface area contributed by atoms with Crippen LogP contribution in [0.5, 0.6) is 0 Å². The van der Waals surface area contributed by atoms with E-state index in [0.29, 0.717) is 12.1 Å². The van der Waals surface area contributed by atoms with Gasteiger partial charge >= 0.3 is 0 Å². The Balaban J connectivity index is 1.54. The summed E-state index contributed by atoms with van der Waals surface area (Å²) in [5.74, 6) is -4.76. The monoisotopic (exact) mass is 392 g/mol. The summed E-state index contributed by atoms with van der Waals surface area (Å²) in [4.78, 5) is 39.5. The van der Waals surface area contributed by atoms with Crippen LogP contribution in [0.3, 0.4) is 0 Å². The van der Waals surface area contributed by atoms with Crippen molar-refractivity contribution in [3.63, 3.8) is 0 Å². The van der Waals surface area contributed by atoms with Crippen LogP contribution in [0.25, 0.3) is 0 Å². The predicted octanol–water partition coefficient (Wildman–Crippen LogP) is 0.473. The minimum atomic E-state index is -2.82. The molecule has 1 aromatic rings. The molecule has 3 N–H and O–H groups in total. The van der Waals surface area contributed by atoms with E-state index < -0.39 is 23.8 Å². The van der Waals surface area contributed by atoms with Gasteiger partial charge in [0.1, 0.15) is 6.04 Å². The fourth-order valence-corrected chi connectivity index (χ4v) is 4.34. The second-order valence-electron chi connectivity index (χ2n) is 7.71. The number of benzene rings is 1. The van der Waals surface area contributed by atoms with Gasteiger partial charge in [-0.1, -0.05) is 12.1 Å². The Kier molecular flexibility index (Phi) is 4.67. The van der Waals surface area contributed by atoms with Gasteiger partial charge in [0.15, 0.2) is 0 Å². The molecule has 0 bridgehead atoms. The van der Waals surface area contributed by atoms with E-state index >= 15 is 0 Å². The molecule has 4 rings (SSSR count). The van der Waals surface area contributed by atoms with E-state index in [2.05, 4.69) is 5.32 Å². The maximum absolute atomic E-state index is 14.0. The zero-order chi connectivity index (χ0) is 20.1. The molecule has 2 atom stereocenters. The lowest BCUT2D eigenvalue weighted by Crippen LogP contribution is -2.52. The van der Waals surface area contributed by atoms with Crippen molar-refractivity contribution in [2.75, 3.05) is 19.6 Å². The molecule has 1 aromatic carbocycles. The lowest BCUT2D eigenvalue weighted by atomic mass is 10.0. The molecule has 3 aliphatic heterocycles. The predicted molar refractivity (Wildman–Crippen MR) is 95.3 cm³/mol. The van der Waals surface area contributed by atoms with Gasteiger partial charge in [0, 0.05) is 44.1 Å². The number of nitrogens with zero attached hydrogens (tertiary/aromatic N) is 2. The van der Waals surface area contributed by atoms with E-state index in [-0.39, 0.29) is 50.8 Å². The van der Waals surface area contributed by atoms with Gasteiger partial charge in [0.25, 0.3) is 11.8 Å². The molecule has 7 nitrogen and oxygen atoms in total. The number of rotatable bonds is 4. The summed E-state index contributed by atoms with van der Waals surface area (Å²) in [6.45, 7) is 0.312. The molecule has 3 amide bonds. The third-order valence-electron chi connectivity index (χ3n) is 5.87. The van der Waals surface area contributed by atoms with E-state index in [4.69, 9.17) is 5.73 Å². The second kappa shape index (κ2) is 6.89. The molecular weight excluding hydrogens is 370 g/mol. The Morgan fingerprint density at radius 2 is 2.04 bits per heavy atom. The van der Waals surface area contributed by atoms with E-state index in [9.17, 15) is 23.2 Å². The number of imide groups is 1. The van der Waals surface area contributed by atoms with Crippen molar-refractivity contribution in [2.45, 2.75) is 37.9 Å². The van der Waals surface area contributed by atoms with Crippen LogP contribution in [-0.2, 0) is 22.7 Å². The Bertz CT molecular complexity index is 844. The summed E-state index contributed by atoms with van der Waals surface area (Å²) in [6.07, 6.45) is 0.475. The van der Waals surface area contributed by atoms with Crippen molar-refractivity contribution in [3.05, 3.63) is 34.9 Å². The van der Waals surface area contributed by atoms with Gasteiger partial charge in [-0.2, -0.15) is 0 Å². The molecule has 2 unspecified atom stereocenters. The molecule has 3 aliphatic rings. The van der Waals surface area contributed by atoms with Gasteiger partial charge in [-0.15, -0.1) is 0 Å². The normalized spacial score (nSPS) is 27.2. The maximum atomic E-state index is 14.0. The van der Waals surface area contributed by atoms with Crippen molar-refractivity contribution >= 4 is 17.7 Å². The first-order valence-electron chi connectivity index (χ1n) is 9.36. The third kappa shape index (κ3) is 3.18. The number of carbonyl (C=O) groups excluding carboxylic acids is 3. The smallest absolute Gasteiger partial charge is 0.265 e. The average Bonchev–Trinajstić information content (AvgIpc) is 3.12. The molecule has 0 saturated carbocycles. The number of hydrogen-bond donors (Lipinski definition) is 2. The lowest BCUT2D eigenvalue weighted by Gasteiger charge is -2.29. The number of alkyl halides is 2. The van der Waals surface area contributed by atoms with E-state index in [1.807, 2.05) is 6.07 Å². The highest BCUT2D eigenvalue weighted by molar-refractivity contribution is 6.05. The number of nitrogens with two attached hydrogens (primary N) is 1. The standard InChI is InChI=1S/C19H22F2N4O3/c20-19(21)10-24(8-12(19)6-22)7-11-2-1-3-13-14(11)9-25(18(13)28)15-4-5-16(26)23-17(15)27/h1-3,12,15H,4-10,22H2,(H,23,26,27). The van der Waals surface area contributed by atoms with Crippen LogP contribution in [0.2, 0.25) is 0 Å². The maximum Gasteiger partial charge on any atom is 0.265 e. The molecule has 3 heterocycles. The molecule has 0 aromatic heterocycles. The first kappa shape index (κ1) is 18.9. The van der Waals surface area contributed by atoms with Crippen LogP contribution in [0.15, 0.2) is 18.2 Å². The van der Waals surface area contributed by atoms with Crippen LogP contribution < -0.4 is 11.1 Å². The van der Waals surface area contributed by atoms with Gasteiger partial charge in [-0.3, -0.25) is 24.6 Å². The summed E-state index contributed by atoms with van der Waals surface area (Å²) < 4.78 is 28.0. The Labute approximate surface area is 160 Å². The number of piperidine rings is 1. The summed E-state index contributed by atoms with van der Waals surface area (Å²) in [6, 6.07) is 4.56. The molecule has 0 aliphatic carbocycles. The minimum Gasteiger partial charge on any atom is -0.330 e. The molecule has 9 heteroatoms. The summed E-state index contributed by atoms with van der Waals surface area (Å²) in [5.41, 5.74) is 7.53. The Hall–Kier alpha value is -2.39. The zero-order valence-electron chi connectivity index (χ0n) is 15.3. The van der Waals surface area contributed by atoms with Crippen LogP contribution in [-0.4, -0.2) is 59.1 Å². The SMILES string of the molecule is NCC1CN(Cc2cccc3c2CN(C2CCC(=O)NC2=O)C3=O)CC1(F)F. The second-order valence-corrected chi connectivity index (χ2v) is 7.71. The molecular formula is C19H22F2N4O3. The Morgan fingerprint density at radius 3 is 2.71 bits per heavy atom. The highest BCUT2D eigenvalue weighted by Gasteiger charge is 2.47. The van der Waals surface area contributed by atoms with Crippen molar-refractivity contribution in [1.29, 1.82) is 0 Å². The van der Waals surface area contributed by atoms with Crippen LogP contribution in [0, 0.1) is 5.92 Å². The average molecular weight is 392 g/mol. The first-order valence-corrected chi connectivity index (χ1v) is 9.36. The van der Waals surface area contributed by atoms with Crippen molar-refractivity contribution in [1.82, 2.24) is 15.1 Å². The quantitative estimate of drug-likeness (QED) is 0.727. The highest BCUT2D eigenvalue weighted by atomic mass is 19.3. The third-order valence-corrected chi connectivity index (χ3v) is 5.87. The molecule has 2 saturated heterocycles. The number of carbonyl (C=O) groups is 3. The van der Waals surface area contributed by atoms with Gasteiger partial charge in [0.05, 0.1) is 6.54 Å². The molecule has 0 radical (unpaired) electrons. The topological polar surface area (TPSA) is 95.7 Å². The minimum absolute atomic E-state index is 0.0713. The fourth-order valence-electron chi connectivity index (χ4n) is 4.34. The highest BCUT2D eigenvalue weighted by Crippen LogP contribution is 2.35. The van der Waals surface area contributed by atoms with Crippen LogP contribution in [0.4, 0.5) is 8.78 Å². The van der Waals surface area contributed by atoms with Gasteiger partial charge in [-0.25, -0.2) is 8.78 Å². The fraction of sp³-hybridized carbons (Fsp3) is 0.526. The molecule has 0 spiro atoms. The number of amides is 3. The molecule has 28 heavy (non-hydrogen) atoms. The van der Waals surface area contributed by atoms with E-state index in [1.165, 1.54) is 4.90 Å². The number of hydrogen-bond acceptors (Lipinski definition) is 5. The van der Waals surface area contributed by atoms with E-state index in [0.717, 1.165) is 11.1 Å². The number of fused-ring (bicyclic) bond motifs is 1. The van der Waals surface area contributed by atoms with Crippen molar-refractivity contribution < 1.29 is 23.2 Å². The molecule has 150 valence electrons. The van der Waals surface area contributed by atoms with Gasteiger partial charge in [0.2, 0.25) is 11.8 Å². The number of likely N-dealkylation sites (tertiary alicyclic amines) is 1. The van der Waals surface area contributed by atoms with Gasteiger partial charge in [-0.05, 0) is 23.6 Å². The van der Waals surface area contributed by atoms with Crippen LogP contribution >= 0.6 is 0 Å². The summed E-state index contributed by atoms with van der Waals surface area (Å²) in [5, 5.41) is 2.27. The summed E-state index contributed by atoms with van der Waals surface area (Å²) >= 11 is 0. The van der Waals surface area contributed by atoms with Crippen molar-refractivity contribution in [2.24, 2.45) is 11.7 Å². The number of nitrogens with one attached hydrogen (secondary N) is 1.